The highest BCUT2D eigenvalue weighted by atomic mass is 32.2. The van der Waals surface area contributed by atoms with Gasteiger partial charge in [-0.3, -0.25) is 9.59 Å². The molecule has 1 aromatic carbocycles. The van der Waals surface area contributed by atoms with E-state index in [2.05, 4.69) is 10.6 Å². The molecule has 0 saturated carbocycles. The quantitative estimate of drug-likeness (QED) is 0.858. The minimum absolute atomic E-state index is 0.0268. The molecule has 2 fully saturated rings. The Bertz CT molecular complexity index is 604. The third-order valence-corrected chi connectivity index (χ3v) is 5.22. The lowest BCUT2D eigenvalue weighted by Gasteiger charge is -2.29. The van der Waals surface area contributed by atoms with Gasteiger partial charge in [0.2, 0.25) is 5.91 Å². The molecule has 0 aliphatic carbocycles. The number of carbonyl (C=O) groups is 2. The fraction of sp³-hybridized carbons (Fsp3) is 0.529. The maximum Gasteiger partial charge on any atom is 0.253 e. The summed E-state index contributed by atoms with van der Waals surface area (Å²) in [4.78, 5) is 26.8. The monoisotopic (exact) mass is 349 g/mol. The number of nitrogens with one attached hydrogen (secondary N) is 2. The lowest BCUT2D eigenvalue weighted by atomic mass is 10.1. The van der Waals surface area contributed by atoms with Crippen LogP contribution in [0.4, 0.5) is 5.69 Å². The van der Waals surface area contributed by atoms with Gasteiger partial charge in [0.1, 0.15) is 6.04 Å². The zero-order valence-corrected chi connectivity index (χ0v) is 14.6. The van der Waals surface area contributed by atoms with Crippen molar-refractivity contribution in [3.8, 4) is 0 Å². The van der Waals surface area contributed by atoms with Crippen molar-refractivity contribution in [3.05, 3.63) is 29.8 Å². The van der Waals surface area contributed by atoms with Crippen LogP contribution in [0.3, 0.4) is 0 Å². The molecular weight excluding hydrogens is 326 g/mol. The van der Waals surface area contributed by atoms with Crippen molar-refractivity contribution in [1.29, 1.82) is 0 Å². The van der Waals surface area contributed by atoms with Gasteiger partial charge in [0.05, 0.1) is 12.7 Å². The van der Waals surface area contributed by atoms with Gasteiger partial charge in [-0.15, -0.1) is 0 Å². The Morgan fingerprint density at radius 3 is 2.88 bits per heavy atom. The summed E-state index contributed by atoms with van der Waals surface area (Å²) in [6.45, 7) is 4.71. The molecule has 24 heavy (non-hydrogen) atoms. The Hall–Kier alpha value is -1.57. The first-order valence-electron chi connectivity index (χ1n) is 8.28. The highest BCUT2D eigenvalue weighted by molar-refractivity contribution is 7.99. The van der Waals surface area contributed by atoms with Crippen LogP contribution < -0.4 is 10.6 Å². The molecule has 0 spiro atoms. The summed E-state index contributed by atoms with van der Waals surface area (Å²) in [7, 11) is 0. The fourth-order valence-corrected chi connectivity index (χ4v) is 3.83. The molecule has 1 aromatic rings. The molecule has 0 radical (unpaired) electrons. The van der Waals surface area contributed by atoms with Gasteiger partial charge in [-0.2, -0.15) is 11.8 Å². The summed E-state index contributed by atoms with van der Waals surface area (Å²) in [6.07, 6.45) is -0.172. The third-order valence-electron chi connectivity index (χ3n) is 4.27. The zero-order chi connectivity index (χ0) is 16.9. The summed E-state index contributed by atoms with van der Waals surface area (Å²) >= 11 is 1.87. The summed E-state index contributed by atoms with van der Waals surface area (Å²) in [5.41, 5.74) is 1.25. The van der Waals surface area contributed by atoms with Crippen molar-refractivity contribution in [2.75, 3.05) is 43.1 Å². The highest BCUT2D eigenvalue weighted by Gasteiger charge is 2.28. The third kappa shape index (κ3) is 4.09. The van der Waals surface area contributed by atoms with Gasteiger partial charge in [-0.25, -0.2) is 0 Å². The molecule has 7 heteroatoms. The minimum atomic E-state index is -0.378. The number of nitrogens with zero attached hydrogens (tertiary/aromatic N) is 1. The van der Waals surface area contributed by atoms with Crippen LogP contribution >= 0.6 is 11.8 Å². The lowest BCUT2D eigenvalue weighted by molar-refractivity contribution is -0.123. The largest absolute Gasteiger partial charge is 0.375 e. The second-order valence-corrected chi connectivity index (χ2v) is 7.21. The first-order valence-corrected chi connectivity index (χ1v) is 9.43. The van der Waals surface area contributed by atoms with Crippen LogP contribution in [-0.2, 0) is 9.53 Å². The second kappa shape index (κ2) is 8.00. The van der Waals surface area contributed by atoms with Gasteiger partial charge in [0, 0.05) is 42.4 Å². The van der Waals surface area contributed by atoms with E-state index in [1.54, 1.807) is 24.3 Å². The fourth-order valence-electron chi connectivity index (χ4n) is 2.93. The van der Waals surface area contributed by atoms with Crippen molar-refractivity contribution in [2.24, 2.45) is 0 Å². The maximum atomic E-state index is 12.6. The van der Waals surface area contributed by atoms with Crippen molar-refractivity contribution >= 4 is 29.3 Å². The van der Waals surface area contributed by atoms with E-state index in [0.717, 1.165) is 24.6 Å². The lowest BCUT2D eigenvalue weighted by Crippen LogP contribution is -2.53. The van der Waals surface area contributed by atoms with Crippen LogP contribution in [0.1, 0.15) is 17.3 Å². The molecule has 2 N–H and O–H groups in total. The Balaban J connectivity index is 1.66. The number of rotatable bonds is 3. The van der Waals surface area contributed by atoms with E-state index < -0.39 is 0 Å². The van der Waals surface area contributed by atoms with E-state index in [-0.39, 0.29) is 24.0 Å². The topological polar surface area (TPSA) is 70.7 Å². The van der Waals surface area contributed by atoms with E-state index in [4.69, 9.17) is 4.74 Å². The summed E-state index contributed by atoms with van der Waals surface area (Å²) in [6, 6.07) is 6.77. The number of thioether (sulfide) groups is 1. The second-order valence-electron chi connectivity index (χ2n) is 5.98. The van der Waals surface area contributed by atoms with E-state index in [1.807, 2.05) is 23.6 Å². The first kappa shape index (κ1) is 17.3. The van der Waals surface area contributed by atoms with Crippen LogP contribution in [0.25, 0.3) is 0 Å². The average molecular weight is 349 g/mol. The molecule has 3 rings (SSSR count). The molecule has 0 aromatic heterocycles. The normalized spacial score (nSPS) is 24.5. The molecule has 130 valence electrons. The van der Waals surface area contributed by atoms with Gasteiger partial charge in [0.15, 0.2) is 0 Å². The summed E-state index contributed by atoms with van der Waals surface area (Å²) in [5, 5.41) is 6.05. The number of benzene rings is 1. The predicted octanol–water partition coefficient (Wildman–Crippen LogP) is 1.19. The van der Waals surface area contributed by atoms with Gasteiger partial charge in [-0.1, -0.05) is 6.07 Å². The minimum Gasteiger partial charge on any atom is -0.375 e. The van der Waals surface area contributed by atoms with Crippen LogP contribution in [-0.4, -0.2) is 66.6 Å². The maximum absolute atomic E-state index is 12.6. The number of amides is 2. The van der Waals surface area contributed by atoms with Crippen molar-refractivity contribution in [1.82, 2.24) is 10.2 Å². The smallest absolute Gasteiger partial charge is 0.253 e. The van der Waals surface area contributed by atoms with Crippen LogP contribution in [0.15, 0.2) is 24.3 Å². The molecule has 2 aliphatic heterocycles. The average Bonchev–Trinajstić information content (AvgIpc) is 2.62. The molecule has 2 saturated heterocycles. The van der Waals surface area contributed by atoms with E-state index in [9.17, 15) is 9.59 Å². The molecule has 6 nitrogen and oxygen atoms in total. The van der Waals surface area contributed by atoms with Crippen LogP contribution in [0, 0.1) is 0 Å². The Labute approximate surface area is 146 Å². The van der Waals surface area contributed by atoms with Gasteiger partial charge in [-0.05, 0) is 25.1 Å². The standard InChI is InChI=1S/C17H23N3O3S/c1-12-15(18-5-8-23-12)16(21)19-14-4-2-3-13(11-14)17(22)20-6-9-24-10-7-20/h2-4,11-12,15,18H,5-10H2,1H3,(H,19,21)/t12-,15+/m1/s1. The SMILES string of the molecule is C[C@H]1OCCN[C@@H]1C(=O)Nc1cccc(C(=O)N2CCSCC2)c1. The number of hydrogen-bond acceptors (Lipinski definition) is 5. The van der Waals surface area contributed by atoms with E-state index >= 15 is 0 Å². The Morgan fingerprint density at radius 2 is 2.12 bits per heavy atom. The van der Waals surface area contributed by atoms with Gasteiger partial charge >= 0.3 is 0 Å². The molecule has 2 atom stereocenters. The molecule has 2 amide bonds. The van der Waals surface area contributed by atoms with Crippen molar-refractivity contribution in [2.45, 2.75) is 19.1 Å². The van der Waals surface area contributed by atoms with Crippen LogP contribution in [0.2, 0.25) is 0 Å². The Morgan fingerprint density at radius 1 is 1.33 bits per heavy atom. The van der Waals surface area contributed by atoms with Crippen molar-refractivity contribution < 1.29 is 14.3 Å². The van der Waals surface area contributed by atoms with Gasteiger partial charge < -0.3 is 20.3 Å². The molecule has 2 aliphatic rings. The predicted molar refractivity (Wildman–Crippen MR) is 95.5 cm³/mol. The number of carbonyl (C=O) groups excluding carboxylic acids is 2. The van der Waals surface area contributed by atoms with Crippen molar-refractivity contribution in [3.63, 3.8) is 0 Å². The van der Waals surface area contributed by atoms with Crippen LogP contribution in [0.5, 0.6) is 0 Å². The zero-order valence-electron chi connectivity index (χ0n) is 13.8. The highest BCUT2D eigenvalue weighted by Crippen LogP contribution is 2.17. The van der Waals surface area contributed by atoms with Gasteiger partial charge in [0.25, 0.3) is 5.91 Å². The molecule has 2 heterocycles. The number of ether oxygens (including phenoxy) is 1. The van der Waals surface area contributed by atoms with E-state index in [0.29, 0.717) is 24.4 Å². The molecular formula is C17H23N3O3S. The molecule has 0 bridgehead atoms. The number of morpholine rings is 1. The first-order chi connectivity index (χ1) is 11.6. The van der Waals surface area contributed by atoms with E-state index in [1.165, 1.54) is 0 Å². The number of hydrogen-bond donors (Lipinski definition) is 2. The summed E-state index contributed by atoms with van der Waals surface area (Å²) < 4.78 is 5.50. The Kier molecular flexibility index (Phi) is 5.76. The summed E-state index contributed by atoms with van der Waals surface area (Å²) in [5.74, 6) is 1.85. The molecule has 0 unspecified atom stereocenters. The number of anilines is 1.